The Morgan fingerprint density at radius 3 is 2.57 bits per heavy atom. The monoisotopic (exact) mass is 288 g/mol. The maximum Gasteiger partial charge on any atom is 0.182 e. The van der Waals surface area contributed by atoms with Crippen LogP contribution in [0.4, 0.5) is 14.5 Å². The van der Waals surface area contributed by atoms with Gasteiger partial charge in [0.25, 0.3) is 0 Å². The minimum atomic E-state index is -0.800. The third kappa shape index (κ3) is 2.76. The summed E-state index contributed by atoms with van der Waals surface area (Å²) in [7, 11) is 0. The molecule has 2 nitrogen and oxygen atoms in total. The first-order valence-corrected chi connectivity index (χ1v) is 7.16. The van der Waals surface area contributed by atoms with Gasteiger partial charge >= 0.3 is 0 Å². The fourth-order valence-corrected chi connectivity index (χ4v) is 2.86. The first-order valence-electron chi connectivity index (χ1n) is 7.16. The standard InChI is InChI=1S/C17H18F2N2/c1-12-11-21(15-9-5-8-14(18)17(15)19)16(10-20-12)13-6-3-2-4-7-13/h2-9,12,16,20H,10-11H2,1H3. The number of anilines is 1. The Labute approximate surface area is 123 Å². The maximum absolute atomic E-state index is 14.2. The van der Waals surface area contributed by atoms with Crippen LogP contribution in [0.25, 0.3) is 0 Å². The molecule has 1 N–H and O–H groups in total. The summed E-state index contributed by atoms with van der Waals surface area (Å²) in [6.45, 7) is 3.40. The summed E-state index contributed by atoms with van der Waals surface area (Å²) in [6.07, 6.45) is 0. The van der Waals surface area contributed by atoms with Crippen molar-refractivity contribution in [1.82, 2.24) is 5.32 Å². The van der Waals surface area contributed by atoms with Crippen molar-refractivity contribution >= 4 is 5.69 Å². The largest absolute Gasteiger partial charge is 0.359 e. The number of piperazine rings is 1. The normalized spacial score (nSPS) is 22.3. The Morgan fingerprint density at radius 2 is 1.81 bits per heavy atom. The van der Waals surface area contributed by atoms with Crippen molar-refractivity contribution in [1.29, 1.82) is 0 Å². The molecule has 0 radical (unpaired) electrons. The van der Waals surface area contributed by atoms with E-state index in [0.717, 1.165) is 11.6 Å². The summed E-state index contributed by atoms with van der Waals surface area (Å²) < 4.78 is 27.7. The van der Waals surface area contributed by atoms with Crippen LogP contribution in [-0.2, 0) is 0 Å². The lowest BCUT2D eigenvalue weighted by atomic mass is 10.0. The molecule has 2 aromatic rings. The van der Waals surface area contributed by atoms with E-state index in [2.05, 4.69) is 5.32 Å². The van der Waals surface area contributed by atoms with Crippen molar-refractivity contribution in [3.8, 4) is 0 Å². The number of nitrogens with zero attached hydrogens (tertiary/aromatic N) is 1. The molecule has 0 saturated carbocycles. The maximum atomic E-state index is 14.2. The molecule has 0 amide bonds. The molecule has 3 rings (SSSR count). The molecule has 1 heterocycles. The van der Waals surface area contributed by atoms with Crippen LogP contribution in [0.2, 0.25) is 0 Å². The zero-order valence-electron chi connectivity index (χ0n) is 11.9. The molecular weight excluding hydrogens is 270 g/mol. The van der Waals surface area contributed by atoms with Crippen LogP contribution >= 0.6 is 0 Å². The Kier molecular flexibility index (Phi) is 3.88. The van der Waals surface area contributed by atoms with E-state index in [1.54, 1.807) is 12.1 Å². The van der Waals surface area contributed by atoms with Crippen molar-refractivity contribution in [2.24, 2.45) is 0 Å². The van der Waals surface area contributed by atoms with E-state index in [9.17, 15) is 8.78 Å². The first-order chi connectivity index (χ1) is 10.2. The second kappa shape index (κ2) is 5.82. The highest BCUT2D eigenvalue weighted by Gasteiger charge is 2.29. The highest BCUT2D eigenvalue weighted by atomic mass is 19.2. The van der Waals surface area contributed by atoms with Gasteiger partial charge in [-0.15, -0.1) is 0 Å². The Morgan fingerprint density at radius 1 is 1.05 bits per heavy atom. The van der Waals surface area contributed by atoms with Gasteiger partial charge in [0.15, 0.2) is 11.6 Å². The van der Waals surface area contributed by atoms with Gasteiger partial charge in [0.1, 0.15) is 0 Å². The SMILES string of the molecule is CC1CN(c2cccc(F)c2F)C(c2ccccc2)CN1. The molecule has 1 aliphatic rings. The summed E-state index contributed by atoms with van der Waals surface area (Å²) in [4.78, 5) is 1.95. The lowest BCUT2D eigenvalue weighted by Crippen LogP contribution is -2.51. The molecule has 2 atom stereocenters. The number of rotatable bonds is 2. The van der Waals surface area contributed by atoms with Crippen LogP contribution < -0.4 is 10.2 Å². The average molecular weight is 288 g/mol. The molecule has 2 unspecified atom stereocenters. The first kappa shape index (κ1) is 14.0. The van der Waals surface area contributed by atoms with E-state index < -0.39 is 11.6 Å². The molecule has 2 aromatic carbocycles. The van der Waals surface area contributed by atoms with Gasteiger partial charge in [-0.25, -0.2) is 8.78 Å². The summed E-state index contributed by atoms with van der Waals surface area (Å²) in [5.74, 6) is -1.57. The van der Waals surface area contributed by atoms with E-state index >= 15 is 0 Å². The number of halogens is 2. The zero-order chi connectivity index (χ0) is 14.8. The van der Waals surface area contributed by atoms with Gasteiger partial charge in [-0.1, -0.05) is 36.4 Å². The molecule has 0 aromatic heterocycles. The predicted octanol–water partition coefficient (Wildman–Crippen LogP) is 3.50. The van der Waals surface area contributed by atoms with Gasteiger partial charge in [-0.2, -0.15) is 0 Å². The topological polar surface area (TPSA) is 15.3 Å². The van der Waals surface area contributed by atoms with Crippen molar-refractivity contribution in [3.05, 3.63) is 65.7 Å². The minimum absolute atomic E-state index is 0.00120. The summed E-state index contributed by atoms with van der Waals surface area (Å²) in [6, 6.07) is 14.5. The summed E-state index contributed by atoms with van der Waals surface area (Å²) >= 11 is 0. The van der Waals surface area contributed by atoms with Crippen molar-refractivity contribution in [2.75, 3.05) is 18.0 Å². The van der Waals surface area contributed by atoms with Crippen molar-refractivity contribution < 1.29 is 8.78 Å². The van der Waals surface area contributed by atoms with Crippen LogP contribution in [0, 0.1) is 11.6 Å². The molecular formula is C17H18F2N2. The molecule has 1 saturated heterocycles. The molecule has 21 heavy (non-hydrogen) atoms. The smallest absolute Gasteiger partial charge is 0.182 e. The van der Waals surface area contributed by atoms with Gasteiger partial charge in [0.2, 0.25) is 0 Å². The quantitative estimate of drug-likeness (QED) is 0.910. The lowest BCUT2D eigenvalue weighted by molar-refractivity contribution is 0.408. The predicted molar refractivity (Wildman–Crippen MR) is 80.4 cm³/mol. The molecule has 110 valence electrons. The number of benzene rings is 2. The molecule has 1 aliphatic heterocycles. The highest BCUT2D eigenvalue weighted by Crippen LogP contribution is 2.32. The molecule has 0 spiro atoms. The van der Waals surface area contributed by atoms with E-state index in [0.29, 0.717) is 18.8 Å². The van der Waals surface area contributed by atoms with Crippen LogP contribution in [0.1, 0.15) is 18.5 Å². The van der Waals surface area contributed by atoms with Crippen LogP contribution in [0.15, 0.2) is 48.5 Å². The molecule has 1 fully saturated rings. The van der Waals surface area contributed by atoms with Gasteiger partial charge in [0, 0.05) is 19.1 Å². The third-order valence-corrected chi connectivity index (χ3v) is 3.93. The van der Waals surface area contributed by atoms with E-state index in [4.69, 9.17) is 0 Å². The number of nitrogens with one attached hydrogen (secondary N) is 1. The van der Waals surface area contributed by atoms with Crippen LogP contribution in [0.3, 0.4) is 0 Å². The summed E-state index contributed by atoms with van der Waals surface area (Å²) in [5, 5.41) is 3.41. The fraction of sp³-hybridized carbons (Fsp3) is 0.294. The fourth-order valence-electron chi connectivity index (χ4n) is 2.86. The van der Waals surface area contributed by atoms with Crippen LogP contribution in [0.5, 0.6) is 0 Å². The van der Waals surface area contributed by atoms with Crippen molar-refractivity contribution in [2.45, 2.75) is 19.0 Å². The summed E-state index contributed by atoms with van der Waals surface area (Å²) in [5.41, 5.74) is 1.43. The third-order valence-electron chi connectivity index (χ3n) is 3.93. The van der Waals surface area contributed by atoms with Crippen molar-refractivity contribution in [3.63, 3.8) is 0 Å². The van der Waals surface area contributed by atoms with Gasteiger partial charge < -0.3 is 10.2 Å². The Hall–Kier alpha value is -1.94. The Balaban J connectivity index is 2.01. The number of hydrogen-bond acceptors (Lipinski definition) is 2. The van der Waals surface area contributed by atoms with E-state index in [-0.39, 0.29) is 12.1 Å². The number of hydrogen-bond donors (Lipinski definition) is 1. The highest BCUT2D eigenvalue weighted by molar-refractivity contribution is 5.51. The van der Waals surface area contributed by atoms with E-state index in [1.165, 1.54) is 0 Å². The molecule has 4 heteroatoms. The Bertz CT molecular complexity index is 615. The van der Waals surface area contributed by atoms with Gasteiger partial charge in [-0.05, 0) is 24.6 Å². The van der Waals surface area contributed by atoms with E-state index in [1.807, 2.05) is 42.2 Å². The minimum Gasteiger partial charge on any atom is -0.359 e. The van der Waals surface area contributed by atoms with Gasteiger partial charge in [-0.3, -0.25) is 0 Å². The molecule has 0 aliphatic carbocycles. The second-order valence-corrected chi connectivity index (χ2v) is 5.46. The van der Waals surface area contributed by atoms with Crippen LogP contribution in [-0.4, -0.2) is 19.1 Å². The van der Waals surface area contributed by atoms with Gasteiger partial charge in [0.05, 0.1) is 11.7 Å². The lowest BCUT2D eigenvalue weighted by Gasteiger charge is -2.41. The second-order valence-electron chi connectivity index (χ2n) is 5.46. The zero-order valence-corrected chi connectivity index (χ0v) is 11.9. The average Bonchev–Trinajstić information content (AvgIpc) is 2.51. The molecule has 0 bridgehead atoms.